The van der Waals surface area contributed by atoms with E-state index in [4.69, 9.17) is 23.2 Å². The Morgan fingerprint density at radius 3 is 2.32 bits per heavy atom. The largest absolute Gasteiger partial charge is 0.481 e. The molecule has 2 N–H and O–H groups in total. The van der Waals surface area contributed by atoms with Crippen LogP contribution in [-0.2, 0) is 22.4 Å². The van der Waals surface area contributed by atoms with Gasteiger partial charge in [-0.1, -0.05) is 71.7 Å². The summed E-state index contributed by atoms with van der Waals surface area (Å²) in [6.07, 6.45) is 0.384. The molecule has 3 aromatic rings. The van der Waals surface area contributed by atoms with Crippen molar-refractivity contribution in [1.82, 2.24) is 5.32 Å². The highest BCUT2D eigenvalue weighted by Gasteiger charge is 2.17. The second kappa shape index (κ2) is 9.09. The van der Waals surface area contributed by atoms with E-state index in [0.29, 0.717) is 22.0 Å². The number of amides is 1. The predicted octanol–water partition coefficient (Wildman–Crippen LogP) is 4.89. The van der Waals surface area contributed by atoms with Gasteiger partial charge in [0.2, 0.25) is 5.91 Å². The molecule has 6 heteroatoms. The van der Waals surface area contributed by atoms with Crippen LogP contribution in [0.3, 0.4) is 0 Å². The molecule has 3 rings (SSSR count). The van der Waals surface area contributed by atoms with Gasteiger partial charge in [-0.2, -0.15) is 0 Å². The number of aliphatic carboxylic acids is 1. The molecule has 1 amide bonds. The summed E-state index contributed by atoms with van der Waals surface area (Å²) >= 11 is 11.9. The summed E-state index contributed by atoms with van der Waals surface area (Å²) in [4.78, 5) is 23.7. The maximum Gasteiger partial charge on any atom is 0.305 e. The lowest BCUT2D eigenvalue weighted by molar-refractivity contribution is -0.137. The van der Waals surface area contributed by atoms with Gasteiger partial charge in [0.05, 0.1) is 22.9 Å². The Bertz CT molecular complexity index is 1020. The summed E-state index contributed by atoms with van der Waals surface area (Å²) in [5, 5.41) is 15.0. The minimum Gasteiger partial charge on any atom is -0.481 e. The Kier molecular flexibility index (Phi) is 6.55. The summed E-state index contributed by atoms with van der Waals surface area (Å²) in [7, 11) is 0. The normalized spacial score (nSPS) is 11.9. The molecule has 1 atom stereocenters. The van der Waals surface area contributed by atoms with E-state index in [1.54, 1.807) is 18.2 Å². The maximum absolute atomic E-state index is 12.4. The molecule has 3 aromatic carbocycles. The highest BCUT2D eigenvalue weighted by Crippen LogP contribution is 2.23. The SMILES string of the molecule is O=C(O)C[C@@H](Cc1ccc2ccccc2c1)NC(=O)Cc1ccc(Cl)c(Cl)c1. The summed E-state index contributed by atoms with van der Waals surface area (Å²) in [6.45, 7) is 0. The van der Waals surface area contributed by atoms with Gasteiger partial charge in [-0.3, -0.25) is 9.59 Å². The van der Waals surface area contributed by atoms with E-state index in [2.05, 4.69) is 5.32 Å². The van der Waals surface area contributed by atoms with Gasteiger partial charge in [0.25, 0.3) is 0 Å². The van der Waals surface area contributed by atoms with Crippen LogP contribution in [0.2, 0.25) is 10.0 Å². The quantitative estimate of drug-likeness (QED) is 0.576. The van der Waals surface area contributed by atoms with Crippen LogP contribution in [0, 0.1) is 0 Å². The second-order valence-corrected chi connectivity index (χ2v) is 7.49. The Labute approximate surface area is 173 Å². The number of benzene rings is 3. The molecule has 0 aromatic heterocycles. The summed E-state index contributed by atoms with van der Waals surface area (Å²) in [6, 6.07) is 18.4. The number of carbonyl (C=O) groups is 2. The van der Waals surface area contributed by atoms with Gasteiger partial charge >= 0.3 is 5.97 Å². The highest BCUT2D eigenvalue weighted by atomic mass is 35.5. The first kappa shape index (κ1) is 20.2. The van der Waals surface area contributed by atoms with Crippen LogP contribution in [0.25, 0.3) is 10.8 Å². The minimum atomic E-state index is -0.958. The van der Waals surface area contributed by atoms with Crippen molar-refractivity contribution in [3.05, 3.63) is 81.8 Å². The topological polar surface area (TPSA) is 66.4 Å². The van der Waals surface area contributed by atoms with Gasteiger partial charge in [-0.25, -0.2) is 0 Å². The monoisotopic (exact) mass is 415 g/mol. The van der Waals surface area contributed by atoms with Crippen molar-refractivity contribution in [1.29, 1.82) is 0 Å². The maximum atomic E-state index is 12.4. The van der Waals surface area contributed by atoms with Crippen molar-refractivity contribution < 1.29 is 14.7 Å². The van der Waals surface area contributed by atoms with Crippen molar-refractivity contribution in [2.24, 2.45) is 0 Å². The Morgan fingerprint density at radius 1 is 0.893 bits per heavy atom. The molecule has 28 heavy (non-hydrogen) atoms. The average molecular weight is 416 g/mol. The van der Waals surface area contributed by atoms with Crippen molar-refractivity contribution >= 4 is 45.9 Å². The molecule has 0 unspecified atom stereocenters. The van der Waals surface area contributed by atoms with E-state index in [1.165, 1.54) is 0 Å². The Morgan fingerprint density at radius 2 is 1.61 bits per heavy atom. The van der Waals surface area contributed by atoms with Crippen LogP contribution in [0.1, 0.15) is 17.5 Å². The minimum absolute atomic E-state index is 0.102. The van der Waals surface area contributed by atoms with Gasteiger partial charge in [0, 0.05) is 6.04 Å². The van der Waals surface area contributed by atoms with Crippen LogP contribution >= 0.6 is 23.2 Å². The zero-order valence-electron chi connectivity index (χ0n) is 15.0. The van der Waals surface area contributed by atoms with E-state index in [9.17, 15) is 14.7 Å². The van der Waals surface area contributed by atoms with Crippen LogP contribution < -0.4 is 5.32 Å². The molecular formula is C22H19Cl2NO3. The molecule has 0 saturated carbocycles. The fraction of sp³-hybridized carbons (Fsp3) is 0.182. The van der Waals surface area contributed by atoms with Crippen molar-refractivity contribution in [3.8, 4) is 0 Å². The number of fused-ring (bicyclic) bond motifs is 1. The van der Waals surface area contributed by atoms with Crippen LogP contribution in [0.15, 0.2) is 60.7 Å². The van der Waals surface area contributed by atoms with Gasteiger partial charge in [0.1, 0.15) is 0 Å². The lowest BCUT2D eigenvalue weighted by atomic mass is 9.99. The van der Waals surface area contributed by atoms with Gasteiger partial charge in [-0.15, -0.1) is 0 Å². The number of hydrogen-bond donors (Lipinski definition) is 2. The van der Waals surface area contributed by atoms with Crippen molar-refractivity contribution in [3.63, 3.8) is 0 Å². The number of nitrogens with one attached hydrogen (secondary N) is 1. The molecule has 0 aliphatic carbocycles. The first-order valence-corrected chi connectivity index (χ1v) is 9.59. The molecule has 0 radical (unpaired) electrons. The van der Waals surface area contributed by atoms with E-state index >= 15 is 0 Å². The zero-order valence-corrected chi connectivity index (χ0v) is 16.5. The molecule has 0 spiro atoms. The molecule has 0 heterocycles. The summed E-state index contributed by atoms with van der Waals surface area (Å²) in [5.41, 5.74) is 1.69. The first-order chi connectivity index (χ1) is 13.4. The number of carbonyl (C=O) groups excluding carboxylic acids is 1. The Balaban J connectivity index is 1.70. The number of hydrogen-bond acceptors (Lipinski definition) is 2. The van der Waals surface area contributed by atoms with Crippen molar-refractivity contribution in [2.45, 2.75) is 25.3 Å². The second-order valence-electron chi connectivity index (χ2n) is 6.67. The molecular weight excluding hydrogens is 397 g/mol. The van der Waals surface area contributed by atoms with Gasteiger partial charge < -0.3 is 10.4 Å². The van der Waals surface area contributed by atoms with Gasteiger partial charge in [-0.05, 0) is 40.5 Å². The summed E-state index contributed by atoms with van der Waals surface area (Å²) in [5.74, 6) is -1.22. The molecule has 0 fully saturated rings. The van der Waals surface area contributed by atoms with E-state index < -0.39 is 12.0 Å². The molecule has 0 bridgehead atoms. The number of rotatable bonds is 7. The molecule has 0 aliphatic heterocycles. The lowest BCUT2D eigenvalue weighted by Crippen LogP contribution is -2.39. The lowest BCUT2D eigenvalue weighted by Gasteiger charge is -2.18. The zero-order chi connectivity index (χ0) is 20.1. The fourth-order valence-corrected chi connectivity index (χ4v) is 3.47. The third-order valence-corrected chi connectivity index (χ3v) is 5.17. The Hall–Kier alpha value is -2.56. The number of carboxylic acid groups (broad SMARTS) is 1. The summed E-state index contributed by atoms with van der Waals surface area (Å²) < 4.78 is 0. The molecule has 0 saturated heterocycles. The number of halogens is 2. The van der Waals surface area contributed by atoms with Gasteiger partial charge in [0.15, 0.2) is 0 Å². The molecule has 144 valence electrons. The van der Waals surface area contributed by atoms with Crippen LogP contribution in [0.5, 0.6) is 0 Å². The highest BCUT2D eigenvalue weighted by molar-refractivity contribution is 6.42. The smallest absolute Gasteiger partial charge is 0.305 e. The van der Waals surface area contributed by atoms with Crippen LogP contribution in [0.4, 0.5) is 0 Å². The third-order valence-electron chi connectivity index (χ3n) is 4.43. The van der Waals surface area contributed by atoms with Crippen molar-refractivity contribution in [2.75, 3.05) is 0 Å². The van der Waals surface area contributed by atoms with E-state index in [1.807, 2.05) is 42.5 Å². The van der Waals surface area contributed by atoms with Crippen LogP contribution in [-0.4, -0.2) is 23.0 Å². The molecule has 0 aliphatic rings. The predicted molar refractivity (Wildman–Crippen MR) is 112 cm³/mol. The van der Waals surface area contributed by atoms with E-state index in [-0.39, 0.29) is 18.7 Å². The van der Waals surface area contributed by atoms with E-state index in [0.717, 1.165) is 16.3 Å². The fourth-order valence-electron chi connectivity index (χ4n) is 3.15. The third kappa shape index (κ3) is 5.47. The first-order valence-electron chi connectivity index (χ1n) is 8.83. The standard InChI is InChI=1S/C22H19Cl2NO3/c23-19-8-6-15(11-20(19)24)12-21(26)25-18(13-22(27)28)10-14-5-7-16-3-1-2-4-17(16)9-14/h1-9,11,18H,10,12-13H2,(H,25,26)(H,27,28)/t18-/m1/s1. The average Bonchev–Trinajstić information content (AvgIpc) is 2.64. The number of carboxylic acids is 1. The molecule has 4 nitrogen and oxygen atoms in total.